The predicted molar refractivity (Wildman–Crippen MR) is 58.8 cm³/mol. The molecule has 1 aromatic carbocycles. The first-order valence-corrected chi connectivity index (χ1v) is 5.17. The van der Waals surface area contributed by atoms with Crippen molar-refractivity contribution in [2.75, 3.05) is 0 Å². The summed E-state index contributed by atoms with van der Waals surface area (Å²) < 4.78 is 38.2. The summed E-state index contributed by atoms with van der Waals surface area (Å²) in [6, 6.07) is 2.85. The Morgan fingerprint density at radius 3 is 1.84 bits per heavy atom. The fraction of sp³-hybridized carbons (Fsp3) is 0.333. The molecule has 0 amide bonds. The second-order valence-electron chi connectivity index (χ2n) is 4.21. The number of rotatable bonds is 3. The topological polar surface area (TPSA) is 74.6 Å². The molecule has 0 fully saturated rings. The Hall–Kier alpha value is -2.05. The third kappa shape index (κ3) is 2.40. The van der Waals surface area contributed by atoms with Crippen molar-refractivity contribution in [1.29, 1.82) is 0 Å². The predicted octanol–water partition coefficient (Wildman–Crippen LogP) is 2.44. The van der Waals surface area contributed by atoms with Crippen molar-refractivity contribution < 1.29 is 33.0 Å². The van der Waals surface area contributed by atoms with Gasteiger partial charge in [0.2, 0.25) is 0 Å². The molecule has 4 nitrogen and oxygen atoms in total. The number of hydrogen-bond acceptors (Lipinski definition) is 2. The number of benzene rings is 1. The summed E-state index contributed by atoms with van der Waals surface area (Å²) in [6.07, 6.45) is -4.67. The summed E-state index contributed by atoms with van der Waals surface area (Å²) in [5.74, 6) is -3.44. The molecule has 0 atom stereocenters. The number of aliphatic carboxylic acids is 2. The van der Waals surface area contributed by atoms with Crippen LogP contribution in [0, 0.1) is 6.92 Å². The number of carboxylic acid groups (broad SMARTS) is 2. The molecule has 0 unspecified atom stereocenters. The molecule has 1 rings (SSSR count). The summed E-state index contributed by atoms with van der Waals surface area (Å²) >= 11 is 0. The van der Waals surface area contributed by atoms with Gasteiger partial charge in [0.1, 0.15) is 0 Å². The van der Waals surface area contributed by atoms with E-state index in [0.717, 1.165) is 32.0 Å². The Kier molecular flexibility index (Phi) is 3.60. The first kappa shape index (κ1) is 15.0. The van der Waals surface area contributed by atoms with Crippen LogP contribution in [0.25, 0.3) is 0 Å². The lowest BCUT2D eigenvalue weighted by atomic mass is 9.79. The van der Waals surface area contributed by atoms with Gasteiger partial charge in [-0.1, -0.05) is 12.1 Å². The van der Waals surface area contributed by atoms with Gasteiger partial charge in [-0.3, -0.25) is 9.59 Å². The highest BCUT2D eigenvalue weighted by molar-refractivity contribution is 6.04. The molecule has 1 aromatic rings. The monoisotopic (exact) mass is 276 g/mol. The van der Waals surface area contributed by atoms with Gasteiger partial charge in [0.25, 0.3) is 0 Å². The number of hydrogen-bond donors (Lipinski definition) is 2. The van der Waals surface area contributed by atoms with Gasteiger partial charge in [0.05, 0.1) is 5.56 Å². The maximum absolute atomic E-state index is 12.7. The van der Waals surface area contributed by atoms with Crippen molar-refractivity contribution in [2.24, 2.45) is 0 Å². The molecule has 0 radical (unpaired) electrons. The maximum Gasteiger partial charge on any atom is 0.416 e. The Morgan fingerprint density at radius 1 is 1.05 bits per heavy atom. The Morgan fingerprint density at radius 2 is 1.47 bits per heavy atom. The third-order valence-corrected chi connectivity index (χ3v) is 3.03. The van der Waals surface area contributed by atoms with Crippen molar-refractivity contribution >= 4 is 11.9 Å². The zero-order valence-corrected chi connectivity index (χ0v) is 10.1. The molecule has 0 spiro atoms. The van der Waals surface area contributed by atoms with E-state index < -0.39 is 34.7 Å². The van der Waals surface area contributed by atoms with E-state index in [0.29, 0.717) is 0 Å². The lowest BCUT2D eigenvalue weighted by Gasteiger charge is -2.24. The fourth-order valence-corrected chi connectivity index (χ4v) is 1.81. The van der Waals surface area contributed by atoms with Crippen LogP contribution in [-0.2, 0) is 21.2 Å². The highest BCUT2D eigenvalue weighted by Gasteiger charge is 2.46. The Balaban J connectivity index is 3.61. The van der Waals surface area contributed by atoms with Crippen LogP contribution < -0.4 is 0 Å². The molecule has 0 saturated carbocycles. The molecule has 0 aliphatic rings. The molecular weight excluding hydrogens is 265 g/mol. The molecule has 0 saturated heterocycles. The lowest BCUT2D eigenvalue weighted by Crippen LogP contribution is -2.41. The van der Waals surface area contributed by atoms with Crippen LogP contribution in [0.4, 0.5) is 13.2 Å². The van der Waals surface area contributed by atoms with E-state index in [-0.39, 0.29) is 5.56 Å². The average molecular weight is 276 g/mol. The number of carbonyl (C=O) groups is 2. The molecule has 104 valence electrons. The van der Waals surface area contributed by atoms with Crippen LogP contribution in [0.15, 0.2) is 18.2 Å². The van der Waals surface area contributed by atoms with E-state index in [2.05, 4.69) is 0 Å². The SMILES string of the molecule is Cc1c(C(F)(F)F)cccc1C(C)(C(=O)O)C(=O)O. The minimum absolute atomic E-state index is 0.387. The average Bonchev–Trinajstić information content (AvgIpc) is 2.26. The van der Waals surface area contributed by atoms with Gasteiger partial charge in [0, 0.05) is 0 Å². The molecule has 0 bridgehead atoms. The minimum Gasteiger partial charge on any atom is -0.480 e. The molecule has 7 heteroatoms. The van der Waals surface area contributed by atoms with Gasteiger partial charge in [0.15, 0.2) is 5.41 Å². The van der Waals surface area contributed by atoms with Gasteiger partial charge in [-0.25, -0.2) is 0 Å². The van der Waals surface area contributed by atoms with Crippen LogP contribution in [0.1, 0.15) is 23.6 Å². The van der Waals surface area contributed by atoms with E-state index in [9.17, 15) is 22.8 Å². The normalized spacial score (nSPS) is 12.3. The second kappa shape index (κ2) is 4.56. The minimum atomic E-state index is -4.67. The largest absolute Gasteiger partial charge is 0.480 e. The zero-order chi connectivity index (χ0) is 15.0. The molecule has 19 heavy (non-hydrogen) atoms. The van der Waals surface area contributed by atoms with E-state index in [1.165, 1.54) is 0 Å². The van der Waals surface area contributed by atoms with Crippen LogP contribution in [0.5, 0.6) is 0 Å². The summed E-state index contributed by atoms with van der Waals surface area (Å²) in [5, 5.41) is 18.0. The quantitative estimate of drug-likeness (QED) is 0.831. The highest BCUT2D eigenvalue weighted by Crippen LogP contribution is 2.37. The molecule has 0 aliphatic carbocycles. The van der Waals surface area contributed by atoms with Gasteiger partial charge in [-0.15, -0.1) is 0 Å². The van der Waals surface area contributed by atoms with Crippen LogP contribution in [0.3, 0.4) is 0 Å². The summed E-state index contributed by atoms with van der Waals surface area (Å²) in [5.41, 5.74) is -4.26. The summed E-state index contributed by atoms with van der Waals surface area (Å²) in [6.45, 7) is 1.92. The van der Waals surface area contributed by atoms with Crippen molar-refractivity contribution in [1.82, 2.24) is 0 Å². The lowest BCUT2D eigenvalue weighted by molar-refractivity contribution is -0.157. The standard InChI is InChI=1S/C12H11F3O4/c1-6-7(11(2,9(16)17)10(18)19)4-3-5-8(6)12(13,14)15/h3-5H,1-2H3,(H,16,17)(H,18,19). The third-order valence-electron chi connectivity index (χ3n) is 3.03. The number of alkyl halides is 3. The highest BCUT2D eigenvalue weighted by atomic mass is 19.4. The molecule has 2 N–H and O–H groups in total. The second-order valence-corrected chi connectivity index (χ2v) is 4.21. The van der Waals surface area contributed by atoms with Crippen molar-refractivity contribution in [3.05, 3.63) is 34.9 Å². The van der Waals surface area contributed by atoms with Crippen molar-refractivity contribution in [3.8, 4) is 0 Å². The van der Waals surface area contributed by atoms with Crippen LogP contribution >= 0.6 is 0 Å². The zero-order valence-electron chi connectivity index (χ0n) is 10.1. The fourth-order valence-electron chi connectivity index (χ4n) is 1.81. The number of carboxylic acids is 2. The van der Waals surface area contributed by atoms with Gasteiger partial charge >= 0.3 is 18.1 Å². The van der Waals surface area contributed by atoms with E-state index in [1.807, 2.05) is 0 Å². The van der Waals surface area contributed by atoms with Crippen LogP contribution in [0.2, 0.25) is 0 Å². The van der Waals surface area contributed by atoms with E-state index in [4.69, 9.17) is 10.2 Å². The van der Waals surface area contributed by atoms with Crippen molar-refractivity contribution in [3.63, 3.8) is 0 Å². The maximum atomic E-state index is 12.7. The molecule has 0 heterocycles. The first-order chi connectivity index (χ1) is 8.52. The van der Waals surface area contributed by atoms with Gasteiger partial charge in [-0.2, -0.15) is 13.2 Å². The van der Waals surface area contributed by atoms with Gasteiger partial charge < -0.3 is 10.2 Å². The smallest absolute Gasteiger partial charge is 0.416 e. The summed E-state index contributed by atoms with van der Waals surface area (Å²) in [7, 11) is 0. The Labute approximate surface area is 106 Å². The first-order valence-electron chi connectivity index (χ1n) is 5.17. The van der Waals surface area contributed by atoms with E-state index >= 15 is 0 Å². The Bertz CT molecular complexity index is 520. The summed E-state index contributed by atoms with van der Waals surface area (Å²) in [4.78, 5) is 22.2. The van der Waals surface area contributed by atoms with E-state index in [1.54, 1.807) is 0 Å². The van der Waals surface area contributed by atoms with Crippen LogP contribution in [-0.4, -0.2) is 22.2 Å². The van der Waals surface area contributed by atoms with Crippen molar-refractivity contribution in [2.45, 2.75) is 25.4 Å². The molecule has 0 aromatic heterocycles. The number of halogens is 3. The molecular formula is C12H11F3O4. The van der Waals surface area contributed by atoms with Gasteiger partial charge in [-0.05, 0) is 31.0 Å². The molecule has 0 aliphatic heterocycles.